The predicted molar refractivity (Wildman–Crippen MR) is 103 cm³/mol. The summed E-state index contributed by atoms with van der Waals surface area (Å²) in [5.74, 6) is 0.188. The maximum atomic E-state index is 12.7. The summed E-state index contributed by atoms with van der Waals surface area (Å²) in [6.45, 7) is 0. The van der Waals surface area contributed by atoms with Crippen LogP contribution in [0.3, 0.4) is 0 Å². The van der Waals surface area contributed by atoms with Gasteiger partial charge in [0.15, 0.2) is 23.0 Å². The number of hydrogen-bond donors (Lipinski definition) is 0. The normalized spacial score (nSPS) is 16.3. The summed E-state index contributed by atoms with van der Waals surface area (Å²) in [4.78, 5) is 25.3. The van der Waals surface area contributed by atoms with Crippen LogP contribution >= 0.6 is 0 Å². The van der Waals surface area contributed by atoms with Crippen LogP contribution < -0.4 is 14.2 Å². The average Bonchev–Trinajstić information content (AvgIpc) is 3.06. The quantitative estimate of drug-likeness (QED) is 0.669. The molecule has 0 aliphatic heterocycles. The molecular weight excluding hydrogens is 380 g/mol. The van der Waals surface area contributed by atoms with Gasteiger partial charge < -0.3 is 28.4 Å². The highest BCUT2D eigenvalue weighted by atomic mass is 16.5. The number of hydrogen-bond acceptors (Lipinski definition) is 8. The Morgan fingerprint density at radius 2 is 1.41 bits per heavy atom. The number of allylic oxidation sites excluding steroid dienone is 2. The van der Waals surface area contributed by atoms with Gasteiger partial charge in [-0.05, 0) is 29.9 Å². The van der Waals surface area contributed by atoms with Crippen LogP contribution in [0.4, 0.5) is 0 Å². The van der Waals surface area contributed by atoms with E-state index in [1.807, 2.05) is 0 Å². The lowest BCUT2D eigenvalue weighted by molar-refractivity contribution is -0.136. The van der Waals surface area contributed by atoms with Crippen molar-refractivity contribution < 1.29 is 38.0 Å². The highest BCUT2D eigenvalue weighted by Crippen LogP contribution is 2.56. The third-order valence-electron chi connectivity index (χ3n) is 5.03. The van der Waals surface area contributed by atoms with Crippen molar-refractivity contribution in [2.75, 3.05) is 42.7 Å². The van der Waals surface area contributed by atoms with Gasteiger partial charge in [-0.2, -0.15) is 0 Å². The molecular formula is C21H22O8. The van der Waals surface area contributed by atoms with Gasteiger partial charge in [-0.1, -0.05) is 0 Å². The summed E-state index contributed by atoms with van der Waals surface area (Å²) in [6.07, 6.45) is 4.77. The van der Waals surface area contributed by atoms with Crippen LogP contribution in [0.25, 0.3) is 6.08 Å². The van der Waals surface area contributed by atoms with Gasteiger partial charge in [0.2, 0.25) is 5.75 Å². The van der Waals surface area contributed by atoms with Crippen molar-refractivity contribution in [2.24, 2.45) is 0 Å². The zero-order chi connectivity index (χ0) is 21.3. The summed E-state index contributed by atoms with van der Waals surface area (Å²) in [5, 5.41) is 0. The third-order valence-corrected chi connectivity index (χ3v) is 5.03. The minimum atomic E-state index is -1.22. The maximum absolute atomic E-state index is 12.7. The number of ether oxygens (including phenoxy) is 6. The fourth-order valence-electron chi connectivity index (χ4n) is 3.77. The second-order valence-corrected chi connectivity index (χ2v) is 6.28. The van der Waals surface area contributed by atoms with Crippen molar-refractivity contribution in [1.29, 1.82) is 0 Å². The van der Waals surface area contributed by atoms with Crippen LogP contribution in [0.2, 0.25) is 0 Å². The smallest absolute Gasteiger partial charge is 0.335 e. The van der Waals surface area contributed by atoms with Crippen molar-refractivity contribution in [3.05, 3.63) is 46.4 Å². The molecule has 8 heteroatoms. The molecule has 3 rings (SSSR count). The molecule has 1 aromatic rings. The molecule has 0 bridgehead atoms. The van der Waals surface area contributed by atoms with E-state index in [0.717, 1.165) is 0 Å². The van der Waals surface area contributed by atoms with Crippen LogP contribution in [-0.4, -0.2) is 54.4 Å². The minimum Gasteiger partial charge on any atom is -0.493 e. The molecule has 0 saturated carbocycles. The van der Waals surface area contributed by atoms with Gasteiger partial charge in [-0.3, -0.25) is 4.79 Å². The van der Waals surface area contributed by atoms with Crippen molar-refractivity contribution >= 4 is 17.8 Å². The maximum Gasteiger partial charge on any atom is 0.335 e. The van der Waals surface area contributed by atoms with Gasteiger partial charge >= 0.3 is 5.97 Å². The molecule has 0 heterocycles. The van der Waals surface area contributed by atoms with E-state index in [9.17, 15) is 9.59 Å². The van der Waals surface area contributed by atoms with Crippen LogP contribution in [0.1, 0.15) is 11.1 Å². The van der Waals surface area contributed by atoms with Crippen molar-refractivity contribution in [1.82, 2.24) is 0 Å². The molecule has 0 amide bonds. The molecule has 0 radical (unpaired) electrons. The largest absolute Gasteiger partial charge is 0.493 e. The Bertz CT molecular complexity index is 943. The van der Waals surface area contributed by atoms with Crippen LogP contribution in [0, 0.1) is 0 Å². The number of rotatable bonds is 6. The average molecular weight is 402 g/mol. The van der Waals surface area contributed by atoms with Gasteiger partial charge in [0.1, 0.15) is 0 Å². The molecule has 154 valence electrons. The minimum absolute atomic E-state index is 0.0313. The van der Waals surface area contributed by atoms with E-state index in [0.29, 0.717) is 28.4 Å². The molecule has 0 saturated heterocycles. The summed E-state index contributed by atoms with van der Waals surface area (Å²) >= 11 is 0. The van der Waals surface area contributed by atoms with Crippen LogP contribution in [-0.2, 0) is 29.2 Å². The lowest BCUT2D eigenvalue weighted by atomic mass is 9.73. The molecule has 2 aliphatic rings. The van der Waals surface area contributed by atoms with Gasteiger partial charge in [0.25, 0.3) is 5.78 Å². The third kappa shape index (κ3) is 2.83. The number of ketones is 1. The molecule has 0 aromatic heterocycles. The van der Waals surface area contributed by atoms with E-state index in [1.54, 1.807) is 24.3 Å². The second kappa shape index (κ2) is 7.54. The fourth-order valence-corrected chi connectivity index (χ4v) is 3.77. The van der Waals surface area contributed by atoms with Crippen molar-refractivity contribution in [3.8, 4) is 17.2 Å². The molecule has 1 spiro atoms. The number of Topliss-reactive ketones (excluding diaryl/α,β-unsaturated/α-hetero) is 1. The Morgan fingerprint density at radius 3 is 1.86 bits per heavy atom. The highest BCUT2D eigenvalue weighted by molar-refractivity contribution is 6.10. The van der Waals surface area contributed by atoms with Crippen LogP contribution in [0.15, 0.2) is 35.3 Å². The van der Waals surface area contributed by atoms with Crippen molar-refractivity contribution in [2.45, 2.75) is 5.41 Å². The topological polar surface area (TPSA) is 89.5 Å². The summed E-state index contributed by atoms with van der Waals surface area (Å²) in [5.41, 5.74) is 0.264. The van der Waals surface area contributed by atoms with E-state index in [-0.39, 0.29) is 17.1 Å². The first-order valence-corrected chi connectivity index (χ1v) is 8.64. The van der Waals surface area contributed by atoms with E-state index in [1.165, 1.54) is 42.7 Å². The number of methoxy groups -OCH3 is 6. The zero-order valence-electron chi connectivity index (χ0n) is 17.1. The first-order valence-electron chi connectivity index (χ1n) is 8.64. The Balaban J connectivity index is 2.45. The predicted octanol–water partition coefficient (Wildman–Crippen LogP) is 2.16. The molecule has 0 atom stereocenters. The Kier molecular flexibility index (Phi) is 5.28. The van der Waals surface area contributed by atoms with Gasteiger partial charge in [-0.15, -0.1) is 0 Å². The molecule has 8 nitrogen and oxygen atoms in total. The van der Waals surface area contributed by atoms with E-state index < -0.39 is 17.2 Å². The Labute approximate surface area is 168 Å². The highest BCUT2D eigenvalue weighted by Gasteiger charge is 2.50. The Morgan fingerprint density at radius 1 is 0.828 bits per heavy atom. The molecule has 0 fully saturated rings. The molecule has 0 N–H and O–H groups in total. The molecule has 1 aromatic carbocycles. The molecule has 29 heavy (non-hydrogen) atoms. The van der Waals surface area contributed by atoms with E-state index in [4.69, 9.17) is 28.4 Å². The second-order valence-electron chi connectivity index (χ2n) is 6.28. The number of fused-ring (bicyclic) bond motifs is 2. The van der Waals surface area contributed by atoms with Gasteiger partial charge in [0.05, 0.1) is 53.6 Å². The number of esters is 1. The number of benzene rings is 1. The first kappa shape index (κ1) is 20.3. The monoisotopic (exact) mass is 402 g/mol. The number of carbonyl (C=O) groups is 2. The van der Waals surface area contributed by atoms with E-state index in [2.05, 4.69) is 0 Å². The van der Waals surface area contributed by atoms with E-state index >= 15 is 0 Å². The summed E-state index contributed by atoms with van der Waals surface area (Å²) < 4.78 is 32.2. The van der Waals surface area contributed by atoms with Gasteiger partial charge in [-0.25, -0.2) is 4.79 Å². The number of carbonyl (C=O) groups excluding carboxylic acids is 2. The van der Waals surface area contributed by atoms with Crippen LogP contribution in [0.5, 0.6) is 17.2 Å². The lowest BCUT2D eigenvalue weighted by Gasteiger charge is -2.32. The lowest BCUT2D eigenvalue weighted by Crippen LogP contribution is -2.33. The standard InChI is InChI=1S/C21H22O8/c1-24-13-8-11-7-12(20(23)29-6)21(16(11)19(28-5)18(13)27-4)9-14(25-2)17(22)15(10-21)26-3/h7-10H,1-6H3. The van der Waals surface area contributed by atoms with Gasteiger partial charge in [0, 0.05) is 5.56 Å². The zero-order valence-corrected chi connectivity index (χ0v) is 17.1. The first-order chi connectivity index (χ1) is 13.9. The molecule has 2 aliphatic carbocycles. The van der Waals surface area contributed by atoms with Crippen molar-refractivity contribution in [3.63, 3.8) is 0 Å². The fraction of sp³-hybridized carbons (Fsp3) is 0.333. The molecule has 0 unspecified atom stereocenters. The summed E-state index contributed by atoms with van der Waals surface area (Å²) in [6, 6.07) is 1.73. The SMILES string of the molecule is COC(=O)C1=Cc2cc(OC)c(OC)c(OC)c2C12C=C(OC)C(=O)C(OC)=C2. The summed E-state index contributed by atoms with van der Waals surface area (Å²) in [7, 11) is 8.51. The Hall–Kier alpha value is -3.42.